The Kier molecular flexibility index (Phi) is 13.1. The van der Waals surface area contributed by atoms with Crippen molar-refractivity contribution in [1.29, 1.82) is 0 Å². The topological polar surface area (TPSA) is 44.5 Å². The van der Waals surface area contributed by atoms with Crippen molar-refractivity contribution >= 4 is 31.0 Å². The zero-order chi connectivity index (χ0) is 16.3. The zero-order valence-corrected chi connectivity index (χ0v) is 18.7. The number of unbranched alkanes of at least 4 members (excludes halogenated alkanes) is 1. The van der Waals surface area contributed by atoms with E-state index in [1.165, 1.54) is 12.8 Å². The van der Waals surface area contributed by atoms with Gasteiger partial charge in [-0.25, -0.2) is 0 Å². The molecule has 0 bridgehead atoms. The fourth-order valence-electron chi connectivity index (χ4n) is 2.27. The number of nitrogens with two attached hydrogens (primary N) is 1. The summed E-state index contributed by atoms with van der Waals surface area (Å²) in [5.74, 6) is 0. The van der Waals surface area contributed by atoms with E-state index in [0.717, 1.165) is 27.5 Å². The Bertz CT molecular complexity index is 242. The molecule has 0 aliphatic heterocycles. The predicted octanol–water partition coefficient (Wildman–Crippen LogP) is 4.48. The van der Waals surface area contributed by atoms with Crippen LogP contribution in [0.2, 0.25) is 4.44 Å². The molecule has 0 aromatic rings. The molecular formula is C16H37NO2SSn. The first-order valence-electron chi connectivity index (χ1n) is 8.49. The maximum absolute atomic E-state index is 6.54. The number of hydrogen-bond acceptors (Lipinski definition) is 4. The number of rotatable bonds is 13. The molecule has 0 aliphatic carbocycles. The van der Waals surface area contributed by atoms with Gasteiger partial charge in [0.25, 0.3) is 0 Å². The number of hydrogen-bond donors (Lipinski definition) is 1. The van der Waals surface area contributed by atoms with Gasteiger partial charge in [0, 0.05) is 0 Å². The van der Waals surface area contributed by atoms with Gasteiger partial charge in [-0.15, -0.1) is 0 Å². The first kappa shape index (κ1) is 22.0. The van der Waals surface area contributed by atoms with Crippen molar-refractivity contribution in [2.75, 3.05) is 10.0 Å². The average Bonchev–Trinajstić information content (AvgIpc) is 2.43. The fraction of sp³-hybridized carbons (Fsp3) is 1.00. The van der Waals surface area contributed by atoms with Crippen LogP contribution >= 0.6 is 11.8 Å². The first-order chi connectivity index (χ1) is 9.89. The molecule has 0 spiro atoms. The van der Waals surface area contributed by atoms with Gasteiger partial charge in [-0.05, 0) is 0 Å². The van der Waals surface area contributed by atoms with Crippen LogP contribution in [0.4, 0.5) is 0 Å². The normalized spacial score (nSPS) is 19.0. The number of thioether (sulfide) groups is 1. The molecule has 0 amide bonds. The summed E-state index contributed by atoms with van der Waals surface area (Å²) < 4.78 is 15.3. The standard InChI is InChI=1S/C6H14N.2C4H9O.C2H5S.Sn/c1-3-4-5-6(2)7;2*1-3-4(2)5;1-3-2;/h6H,1,3-5,7H2,2H3;2*4H,3H2,1-2H3;1H2,2H3;/q;2*-1;;+2. The Balaban J connectivity index is 4.72. The molecule has 3 atom stereocenters. The van der Waals surface area contributed by atoms with Crippen LogP contribution in [-0.4, -0.2) is 47.5 Å². The molecule has 128 valence electrons. The molecule has 3 unspecified atom stereocenters. The van der Waals surface area contributed by atoms with Gasteiger partial charge in [-0.1, -0.05) is 0 Å². The predicted molar refractivity (Wildman–Crippen MR) is 98.1 cm³/mol. The molecule has 0 rings (SSSR count). The van der Waals surface area contributed by atoms with Gasteiger partial charge in [0.1, 0.15) is 0 Å². The molecule has 2 N–H and O–H groups in total. The van der Waals surface area contributed by atoms with E-state index in [1.54, 1.807) is 0 Å². The van der Waals surface area contributed by atoms with Gasteiger partial charge in [0.05, 0.1) is 0 Å². The van der Waals surface area contributed by atoms with Gasteiger partial charge in [0.2, 0.25) is 0 Å². The van der Waals surface area contributed by atoms with E-state index in [0.29, 0.717) is 18.2 Å². The van der Waals surface area contributed by atoms with E-state index in [1.807, 2.05) is 11.8 Å². The van der Waals surface area contributed by atoms with Crippen LogP contribution in [0.3, 0.4) is 0 Å². The van der Waals surface area contributed by atoms with Crippen molar-refractivity contribution in [2.24, 2.45) is 5.73 Å². The van der Waals surface area contributed by atoms with Crippen molar-refractivity contribution in [3.63, 3.8) is 0 Å². The summed E-state index contributed by atoms with van der Waals surface area (Å²) >= 11 is -1.07. The molecule has 21 heavy (non-hydrogen) atoms. The fourth-order valence-corrected chi connectivity index (χ4v) is 17.4. The van der Waals surface area contributed by atoms with Gasteiger partial charge < -0.3 is 0 Å². The van der Waals surface area contributed by atoms with Crippen LogP contribution in [0.15, 0.2) is 0 Å². The third-order valence-corrected chi connectivity index (χ3v) is 18.7. The van der Waals surface area contributed by atoms with E-state index in [2.05, 4.69) is 40.9 Å². The van der Waals surface area contributed by atoms with Crippen molar-refractivity contribution in [3.8, 4) is 0 Å². The van der Waals surface area contributed by atoms with Gasteiger partial charge in [-0.3, -0.25) is 0 Å². The minimum absolute atomic E-state index is 0.307. The van der Waals surface area contributed by atoms with Crippen LogP contribution in [-0.2, 0) is 6.15 Å². The third-order valence-electron chi connectivity index (χ3n) is 3.81. The van der Waals surface area contributed by atoms with Gasteiger partial charge >= 0.3 is 142 Å². The van der Waals surface area contributed by atoms with Crippen molar-refractivity contribution in [2.45, 2.75) is 89.4 Å². The quantitative estimate of drug-likeness (QED) is 0.349. The van der Waals surface area contributed by atoms with Gasteiger partial charge in [0.15, 0.2) is 0 Å². The molecule has 0 aromatic heterocycles. The first-order valence-corrected chi connectivity index (χ1v) is 16.2. The zero-order valence-electron chi connectivity index (χ0n) is 15.0. The van der Waals surface area contributed by atoms with E-state index >= 15 is 0 Å². The summed E-state index contributed by atoms with van der Waals surface area (Å²) in [5.41, 5.74) is 5.86. The Labute approximate surface area is 142 Å². The van der Waals surface area contributed by atoms with Crippen LogP contribution in [0.25, 0.3) is 0 Å². The second-order valence-electron chi connectivity index (χ2n) is 6.24. The summed E-state index contributed by atoms with van der Waals surface area (Å²) in [6.45, 7) is 10.9. The molecule has 0 aromatic carbocycles. The monoisotopic (exact) mass is 427 g/mol. The van der Waals surface area contributed by atoms with Crippen LogP contribution in [0, 0.1) is 0 Å². The van der Waals surface area contributed by atoms with Gasteiger partial charge in [-0.2, -0.15) is 0 Å². The summed E-state index contributed by atoms with van der Waals surface area (Å²) in [5, 5.41) is 0. The minimum atomic E-state index is -2.97. The molecule has 0 saturated heterocycles. The molecule has 0 heterocycles. The molecule has 5 heteroatoms. The van der Waals surface area contributed by atoms with Crippen molar-refractivity contribution in [1.82, 2.24) is 0 Å². The second-order valence-corrected chi connectivity index (χ2v) is 17.5. The Morgan fingerprint density at radius 3 is 1.90 bits per heavy atom. The summed E-state index contributed by atoms with van der Waals surface area (Å²) in [6.07, 6.45) is 8.45. The summed E-state index contributed by atoms with van der Waals surface area (Å²) in [4.78, 5) is 0. The Hall–Kier alpha value is 1.03. The van der Waals surface area contributed by atoms with Crippen LogP contribution < -0.4 is 5.73 Å². The SMILES string of the molecule is CCC(C)[O][Sn]([CH2]CCCC(C)N)([CH2]SC)[O]C(C)CC. The maximum atomic E-state index is 6.54. The molecule has 0 saturated carbocycles. The summed E-state index contributed by atoms with van der Waals surface area (Å²) in [7, 11) is 0. The molecule has 0 radical (unpaired) electrons. The second kappa shape index (κ2) is 12.5. The molecular weight excluding hydrogens is 389 g/mol. The van der Waals surface area contributed by atoms with Crippen LogP contribution in [0.5, 0.6) is 0 Å². The van der Waals surface area contributed by atoms with Crippen molar-refractivity contribution in [3.05, 3.63) is 0 Å². The Morgan fingerprint density at radius 1 is 1.00 bits per heavy atom. The Morgan fingerprint density at radius 2 is 1.52 bits per heavy atom. The van der Waals surface area contributed by atoms with E-state index in [4.69, 9.17) is 11.9 Å². The average molecular weight is 426 g/mol. The molecule has 0 aliphatic rings. The van der Waals surface area contributed by atoms with E-state index in [-0.39, 0.29) is 0 Å². The third kappa shape index (κ3) is 10.4. The molecule has 3 nitrogen and oxygen atoms in total. The van der Waals surface area contributed by atoms with Crippen molar-refractivity contribution < 1.29 is 6.15 Å². The summed E-state index contributed by atoms with van der Waals surface area (Å²) in [6, 6.07) is 0.307. The van der Waals surface area contributed by atoms with E-state index in [9.17, 15) is 0 Å². The molecule has 0 fully saturated rings. The van der Waals surface area contributed by atoms with E-state index < -0.39 is 19.2 Å². The van der Waals surface area contributed by atoms with Crippen LogP contribution in [0.1, 0.15) is 66.7 Å².